The summed E-state index contributed by atoms with van der Waals surface area (Å²) < 4.78 is 10.4. The van der Waals surface area contributed by atoms with Gasteiger partial charge in [-0.3, -0.25) is 4.79 Å². The molecule has 0 aliphatic heterocycles. The molecule has 0 heterocycles. The van der Waals surface area contributed by atoms with Crippen molar-refractivity contribution in [3.05, 3.63) is 23.8 Å². The van der Waals surface area contributed by atoms with E-state index >= 15 is 0 Å². The molecule has 5 heteroatoms. The van der Waals surface area contributed by atoms with Gasteiger partial charge >= 0.3 is 0 Å². The molecule has 0 aliphatic rings. The monoisotopic (exact) mass is 262 g/mol. The Morgan fingerprint density at radius 3 is 2.79 bits per heavy atom. The second-order valence-electron chi connectivity index (χ2n) is 3.94. The average Bonchev–Trinajstić information content (AvgIpc) is 2.44. The molecular weight excluding hydrogens is 244 g/mol. The molecule has 0 saturated carbocycles. The van der Waals surface area contributed by atoms with Crippen molar-refractivity contribution in [2.45, 2.75) is 19.3 Å². The highest BCUT2D eigenvalue weighted by atomic mass is 16.5. The number of nitrogens with one attached hydrogen (secondary N) is 1. The highest BCUT2D eigenvalue weighted by Gasteiger charge is 2.06. The van der Waals surface area contributed by atoms with E-state index < -0.39 is 0 Å². The van der Waals surface area contributed by atoms with Crippen LogP contribution in [0.1, 0.15) is 18.4 Å². The Bertz CT molecular complexity index is 466. The Kier molecular flexibility index (Phi) is 6.23. The Labute approximate surface area is 113 Å². The number of methoxy groups -OCH3 is 2. The molecule has 1 aromatic rings. The molecule has 0 radical (unpaired) electrons. The largest absolute Gasteiger partial charge is 0.497 e. The van der Waals surface area contributed by atoms with E-state index in [1.165, 1.54) is 0 Å². The van der Waals surface area contributed by atoms with Crippen molar-refractivity contribution in [1.29, 1.82) is 5.26 Å². The molecule has 0 spiro atoms. The van der Waals surface area contributed by atoms with Crippen molar-refractivity contribution in [1.82, 2.24) is 5.32 Å². The van der Waals surface area contributed by atoms with E-state index in [9.17, 15) is 4.79 Å². The van der Waals surface area contributed by atoms with Crippen molar-refractivity contribution >= 4 is 5.91 Å². The van der Waals surface area contributed by atoms with Gasteiger partial charge in [0.2, 0.25) is 5.91 Å². The molecule has 1 rings (SSSR count). The van der Waals surface area contributed by atoms with Crippen molar-refractivity contribution in [3.8, 4) is 17.6 Å². The fourth-order valence-electron chi connectivity index (χ4n) is 1.67. The molecule has 0 aromatic heterocycles. The van der Waals surface area contributed by atoms with Crippen LogP contribution in [0.2, 0.25) is 0 Å². The number of nitriles is 1. The second-order valence-corrected chi connectivity index (χ2v) is 3.94. The quantitative estimate of drug-likeness (QED) is 0.811. The summed E-state index contributed by atoms with van der Waals surface area (Å²) in [6.45, 7) is 0.508. The van der Waals surface area contributed by atoms with Gasteiger partial charge in [0, 0.05) is 19.4 Å². The van der Waals surface area contributed by atoms with Gasteiger partial charge in [-0.1, -0.05) is 0 Å². The van der Waals surface area contributed by atoms with Crippen LogP contribution in [-0.2, 0) is 11.2 Å². The van der Waals surface area contributed by atoms with Gasteiger partial charge in [-0.25, -0.2) is 0 Å². The highest BCUT2D eigenvalue weighted by molar-refractivity contribution is 5.76. The minimum absolute atomic E-state index is 0.108. The highest BCUT2D eigenvalue weighted by Crippen LogP contribution is 2.24. The van der Waals surface area contributed by atoms with Crippen LogP contribution in [0.25, 0.3) is 0 Å². The normalized spacial score (nSPS) is 9.53. The Hall–Kier alpha value is -2.22. The minimum Gasteiger partial charge on any atom is -0.497 e. The molecule has 0 atom stereocenters. The predicted molar refractivity (Wildman–Crippen MR) is 71.1 cm³/mol. The van der Waals surface area contributed by atoms with Gasteiger partial charge in [0.1, 0.15) is 11.5 Å². The number of rotatable bonds is 7. The number of benzene rings is 1. The zero-order valence-corrected chi connectivity index (χ0v) is 11.2. The first kappa shape index (κ1) is 14.8. The smallest absolute Gasteiger partial charge is 0.221 e. The van der Waals surface area contributed by atoms with E-state index in [4.69, 9.17) is 14.7 Å². The fraction of sp³-hybridized carbons (Fsp3) is 0.429. The van der Waals surface area contributed by atoms with Gasteiger partial charge in [0.25, 0.3) is 0 Å². The number of nitrogens with zero attached hydrogens (tertiary/aromatic N) is 1. The number of ether oxygens (including phenoxy) is 2. The molecule has 1 aromatic carbocycles. The third-order valence-corrected chi connectivity index (χ3v) is 2.67. The summed E-state index contributed by atoms with van der Waals surface area (Å²) in [6.07, 6.45) is 1.14. The average molecular weight is 262 g/mol. The van der Waals surface area contributed by atoms with E-state index in [0.717, 1.165) is 17.1 Å². The van der Waals surface area contributed by atoms with Crippen LogP contribution in [0.4, 0.5) is 0 Å². The fourth-order valence-corrected chi connectivity index (χ4v) is 1.67. The van der Waals surface area contributed by atoms with Crippen molar-refractivity contribution in [3.63, 3.8) is 0 Å². The van der Waals surface area contributed by atoms with E-state index in [1.54, 1.807) is 14.2 Å². The summed E-state index contributed by atoms with van der Waals surface area (Å²) in [5.41, 5.74) is 0.974. The first-order valence-electron chi connectivity index (χ1n) is 6.05. The second kappa shape index (κ2) is 7.98. The lowest BCUT2D eigenvalue weighted by atomic mass is 10.1. The summed E-state index contributed by atoms with van der Waals surface area (Å²) in [4.78, 5) is 11.4. The maximum atomic E-state index is 11.4. The summed E-state index contributed by atoms with van der Waals surface area (Å²) in [6, 6.07) is 7.50. The third kappa shape index (κ3) is 4.88. The first-order valence-corrected chi connectivity index (χ1v) is 6.05. The Morgan fingerprint density at radius 2 is 2.16 bits per heavy atom. The van der Waals surface area contributed by atoms with E-state index in [2.05, 4.69) is 5.32 Å². The molecule has 19 heavy (non-hydrogen) atoms. The van der Waals surface area contributed by atoms with E-state index in [0.29, 0.717) is 13.0 Å². The van der Waals surface area contributed by atoms with Crippen LogP contribution in [0, 0.1) is 11.3 Å². The zero-order valence-electron chi connectivity index (χ0n) is 11.2. The van der Waals surface area contributed by atoms with Crippen LogP contribution in [0.15, 0.2) is 18.2 Å². The lowest BCUT2D eigenvalue weighted by Crippen LogP contribution is -2.25. The first-order chi connectivity index (χ1) is 9.21. The van der Waals surface area contributed by atoms with Gasteiger partial charge in [0.05, 0.1) is 20.3 Å². The van der Waals surface area contributed by atoms with Gasteiger partial charge in [-0.15, -0.1) is 0 Å². The summed E-state index contributed by atoms with van der Waals surface area (Å²) in [5, 5.41) is 11.2. The van der Waals surface area contributed by atoms with E-state index in [-0.39, 0.29) is 18.7 Å². The standard InChI is InChI=1S/C14H18N2O3/c1-18-12-5-6-13(19-2)11(10-12)7-9-16-14(17)4-3-8-15/h5-6,10H,3-4,7,9H2,1-2H3,(H,16,17). The summed E-state index contributed by atoms with van der Waals surface area (Å²) in [7, 11) is 3.21. The van der Waals surface area contributed by atoms with Crippen molar-refractivity contribution in [2.75, 3.05) is 20.8 Å². The van der Waals surface area contributed by atoms with Crippen LogP contribution >= 0.6 is 0 Å². The molecule has 0 aliphatic carbocycles. The lowest BCUT2D eigenvalue weighted by molar-refractivity contribution is -0.120. The van der Waals surface area contributed by atoms with Crippen LogP contribution in [0.5, 0.6) is 11.5 Å². The molecular formula is C14H18N2O3. The molecule has 5 nitrogen and oxygen atoms in total. The summed E-state index contributed by atoms with van der Waals surface area (Å²) >= 11 is 0. The summed E-state index contributed by atoms with van der Waals surface area (Å²) in [5.74, 6) is 1.42. The van der Waals surface area contributed by atoms with Crippen molar-refractivity contribution in [2.24, 2.45) is 0 Å². The lowest BCUT2D eigenvalue weighted by Gasteiger charge is -2.10. The van der Waals surface area contributed by atoms with Gasteiger partial charge in [-0.05, 0) is 30.2 Å². The molecule has 0 unspecified atom stereocenters. The SMILES string of the molecule is COc1ccc(OC)c(CCNC(=O)CCC#N)c1. The molecule has 1 amide bonds. The maximum absolute atomic E-state index is 11.4. The third-order valence-electron chi connectivity index (χ3n) is 2.67. The predicted octanol–water partition coefficient (Wildman–Crippen LogP) is 1.67. The number of hydrogen-bond donors (Lipinski definition) is 1. The molecule has 0 saturated heterocycles. The topological polar surface area (TPSA) is 71.3 Å². The van der Waals surface area contributed by atoms with Gasteiger partial charge in [0.15, 0.2) is 0 Å². The molecule has 1 N–H and O–H groups in total. The number of carbonyl (C=O) groups is 1. The maximum Gasteiger partial charge on any atom is 0.221 e. The van der Waals surface area contributed by atoms with E-state index in [1.807, 2.05) is 24.3 Å². The zero-order chi connectivity index (χ0) is 14.1. The van der Waals surface area contributed by atoms with Gasteiger partial charge in [-0.2, -0.15) is 5.26 Å². The van der Waals surface area contributed by atoms with Crippen molar-refractivity contribution < 1.29 is 14.3 Å². The van der Waals surface area contributed by atoms with Crippen LogP contribution in [0.3, 0.4) is 0 Å². The minimum atomic E-state index is -0.108. The van der Waals surface area contributed by atoms with Crippen LogP contribution in [-0.4, -0.2) is 26.7 Å². The number of hydrogen-bond acceptors (Lipinski definition) is 4. The van der Waals surface area contributed by atoms with Crippen LogP contribution < -0.4 is 14.8 Å². The number of amides is 1. The van der Waals surface area contributed by atoms with Gasteiger partial charge < -0.3 is 14.8 Å². The molecule has 0 bridgehead atoms. The molecule has 0 fully saturated rings. The Morgan fingerprint density at radius 1 is 1.37 bits per heavy atom. The Balaban J connectivity index is 2.52. The molecule has 102 valence electrons. The number of carbonyl (C=O) groups excluding carboxylic acids is 1.